The van der Waals surface area contributed by atoms with Crippen molar-refractivity contribution < 1.29 is 4.74 Å². The summed E-state index contributed by atoms with van der Waals surface area (Å²) in [5, 5.41) is 3.45. The maximum absolute atomic E-state index is 5.92. The number of ether oxygens (including phenoxy) is 1. The summed E-state index contributed by atoms with van der Waals surface area (Å²) in [6.45, 7) is 6.91. The molecule has 0 aromatic heterocycles. The first kappa shape index (κ1) is 16.5. The molecule has 0 amide bonds. The predicted octanol–water partition coefficient (Wildman–Crippen LogP) is 1.94. The molecule has 3 fully saturated rings. The van der Waals surface area contributed by atoms with Crippen LogP contribution in [0.5, 0.6) is 0 Å². The van der Waals surface area contributed by atoms with Gasteiger partial charge in [0.05, 0.1) is 12.7 Å². The van der Waals surface area contributed by atoms with Gasteiger partial charge in [0.25, 0.3) is 0 Å². The van der Waals surface area contributed by atoms with Gasteiger partial charge >= 0.3 is 0 Å². The molecule has 3 rings (SSSR count). The lowest BCUT2D eigenvalue weighted by Gasteiger charge is -2.25. The van der Waals surface area contributed by atoms with Gasteiger partial charge in [-0.05, 0) is 18.8 Å². The molecule has 2 saturated heterocycles. The summed E-state index contributed by atoms with van der Waals surface area (Å²) in [4.78, 5) is 2.66. The van der Waals surface area contributed by atoms with Crippen molar-refractivity contribution in [2.75, 3.05) is 39.3 Å². The van der Waals surface area contributed by atoms with Crippen molar-refractivity contribution in [1.29, 1.82) is 0 Å². The van der Waals surface area contributed by atoms with Crippen LogP contribution in [-0.2, 0) is 4.74 Å². The van der Waals surface area contributed by atoms with E-state index in [1.165, 1.54) is 38.8 Å². The number of fused-ring (bicyclic) bond motifs is 1. The summed E-state index contributed by atoms with van der Waals surface area (Å²) >= 11 is 0. The van der Waals surface area contributed by atoms with Crippen molar-refractivity contribution in [3.63, 3.8) is 0 Å². The fraction of sp³-hybridized carbons (Fsp3) is 1.00. The van der Waals surface area contributed by atoms with Gasteiger partial charge in [0.2, 0.25) is 0 Å². The molecule has 3 nitrogen and oxygen atoms in total. The van der Waals surface area contributed by atoms with Crippen molar-refractivity contribution in [2.45, 2.75) is 31.8 Å². The van der Waals surface area contributed by atoms with E-state index in [4.69, 9.17) is 4.74 Å². The zero-order valence-corrected chi connectivity index (χ0v) is 12.6. The van der Waals surface area contributed by atoms with Crippen LogP contribution < -0.4 is 5.32 Å². The van der Waals surface area contributed by atoms with Gasteiger partial charge in [0.1, 0.15) is 0 Å². The van der Waals surface area contributed by atoms with Crippen LogP contribution in [0.25, 0.3) is 0 Å². The second kappa shape index (κ2) is 7.91. The quantitative estimate of drug-likeness (QED) is 0.843. The molecule has 3 aliphatic rings. The van der Waals surface area contributed by atoms with E-state index in [1.807, 2.05) is 0 Å². The molecule has 2 heterocycles. The SMILES string of the molecule is C1CCC(CN2CCO[C@@H]3CNC[C@@H]3C2)C1.Cl.Cl. The minimum Gasteiger partial charge on any atom is -0.375 e. The van der Waals surface area contributed by atoms with Gasteiger partial charge < -0.3 is 15.0 Å². The maximum Gasteiger partial charge on any atom is 0.0752 e. The highest BCUT2D eigenvalue weighted by atomic mass is 35.5. The molecule has 2 aliphatic heterocycles. The highest BCUT2D eigenvalue weighted by Gasteiger charge is 2.32. The Morgan fingerprint density at radius 2 is 1.89 bits per heavy atom. The first-order chi connectivity index (χ1) is 7.92. The zero-order chi connectivity index (χ0) is 10.8. The van der Waals surface area contributed by atoms with Crippen LogP contribution >= 0.6 is 24.8 Å². The van der Waals surface area contributed by atoms with Gasteiger partial charge in [-0.1, -0.05) is 12.8 Å². The van der Waals surface area contributed by atoms with Crippen LogP contribution in [-0.4, -0.2) is 50.3 Å². The van der Waals surface area contributed by atoms with Crippen LogP contribution in [0.15, 0.2) is 0 Å². The van der Waals surface area contributed by atoms with Crippen LogP contribution in [0, 0.1) is 11.8 Å². The largest absolute Gasteiger partial charge is 0.375 e. The second-order valence-corrected chi connectivity index (χ2v) is 5.74. The van der Waals surface area contributed by atoms with E-state index in [0.717, 1.165) is 38.1 Å². The highest BCUT2D eigenvalue weighted by molar-refractivity contribution is 5.85. The molecular weight excluding hydrogens is 271 g/mol. The topological polar surface area (TPSA) is 24.5 Å². The number of hydrogen-bond donors (Lipinski definition) is 1. The molecule has 108 valence electrons. The van der Waals surface area contributed by atoms with Crippen LogP contribution in [0.2, 0.25) is 0 Å². The average Bonchev–Trinajstić information content (AvgIpc) is 2.88. The smallest absolute Gasteiger partial charge is 0.0752 e. The van der Waals surface area contributed by atoms with Crippen LogP contribution in [0.3, 0.4) is 0 Å². The first-order valence-electron chi connectivity index (χ1n) is 6.96. The van der Waals surface area contributed by atoms with Gasteiger partial charge in [-0.15, -0.1) is 24.8 Å². The van der Waals surface area contributed by atoms with Gasteiger partial charge in [-0.25, -0.2) is 0 Å². The van der Waals surface area contributed by atoms with E-state index in [2.05, 4.69) is 10.2 Å². The highest BCUT2D eigenvalue weighted by Crippen LogP contribution is 2.27. The van der Waals surface area contributed by atoms with Crippen molar-refractivity contribution in [3.05, 3.63) is 0 Å². The van der Waals surface area contributed by atoms with Crippen LogP contribution in [0.1, 0.15) is 25.7 Å². The molecule has 5 heteroatoms. The lowest BCUT2D eigenvalue weighted by Crippen LogP contribution is -2.35. The lowest BCUT2D eigenvalue weighted by molar-refractivity contribution is 0.0570. The fourth-order valence-corrected chi connectivity index (χ4v) is 3.57. The molecule has 18 heavy (non-hydrogen) atoms. The van der Waals surface area contributed by atoms with E-state index < -0.39 is 0 Å². The molecule has 1 aliphatic carbocycles. The Bertz CT molecular complexity index is 237. The number of rotatable bonds is 2. The third kappa shape index (κ3) is 3.97. The van der Waals surface area contributed by atoms with Gasteiger partial charge in [0.15, 0.2) is 0 Å². The van der Waals surface area contributed by atoms with Crippen LogP contribution in [0.4, 0.5) is 0 Å². The Kier molecular flexibility index (Phi) is 7.25. The molecule has 2 atom stereocenters. The number of halogens is 2. The summed E-state index contributed by atoms with van der Waals surface area (Å²) in [5.74, 6) is 1.72. The van der Waals surface area contributed by atoms with Crippen molar-refractivity contribution in [2.24, 2.45) is 11.8 Å². The van der Waals surface area contributed by atoms with E-state index in [1.54, 1.807) is 0 Å². The number of nitrogens with zero attached hydrogens (tertiary/aromatic N) is 1. The standard InChI is InChI=1S/C13H24N2O.2ClH/c1-2-4-11(3-1)9-15-5-6-16-13-8-14-7-12(13)10-15;;/h11-14H,1-10H2;2*1H/t12-,13-;;/m1../s1. The summed E-state index contributed by atoms with van der Waals surface area (Å²) in [5.41, 5.74) is 0. The Morgan fingerprint density at radius 1 is 1.11 bits per heavy atom. The molecule has 1 N–H and O–H groups in total. The molecule has 1 saturated carbocycles. The average molecular weight is 297 g/mol. The number of nitrogens with one attached hydrogen (secondary N) is 1. The maximum atomic E-state index is 5.92. The molecule has 0 radical (unpaired) electrons. The molecular formula is C13H26Cl2N2O. The van der Waals surface area contributed by atoms with Crippen molar-refractivity contribution in [3.8, 4) is 0 Å². The molecule has 0 spiro atoms. The van der Waals surface area contributed by atoms with Gasteiger partial charge in [-0.3, -0.25) is 0 Å². The van der Waals surface area contributed by atoms with E-state index in [-0.39, 0.29) is 24.8 Å². The minimum absolute atomic E-state index is 0. The third-order valence-electron chi connectivity index (χ3n) is 4.50. The minimum atomic E-state index is 0. The summed E-state index contributed by atoms with van der Waals surface area (Å²) in [6.07, 6.45) is 6.34. The fourth-order valence-electron chi connectivity index (χ4n) is 3.57. The van der Waals surface area contributed by atoms with E-state index in [9.17, 15) is 0 Å². The monoisotopic (exact) mass is 296 g/mol. The normalized spacial score (nSPS) is 33.3. The summed E-state index contributed by atoms with van der Waals surface area (Å²) in [7, 11) is 0. The Balaban J connectivity index is 0.000000810. The summed E-state index contributed by atoms with van der Waals surface area (Å²) < 4.78 is 5.92. The Morgan fingerprint density at radius 3 is 2.67 bits per heavy atom. The Labute approximate surface area is 123 Å². The van der Waals surface area contributed by atoms with Gasteiger partial charge in [0, 0.05) is 38.6 Å². The first-order valence-corrected chi connectivity index (χ1v) is 6.96. The predicted molar refractivity (Wildman–Crippen MR) is 79.0 cm³/mol. The zero-order valence-electron chi connectivity index (χ0n) is 11.0. The third-order valence-corrected chi connectivity index (χ3v) is 4.50. The second-order valence-electron chi connectivity index (χ2n) is 5.74. The van der Waals surface area contributed by atoms with Crippen molar-refractivity contribution >= 4 is 24.8 Å². The van der Waals surface area contributed by atoms with E-state index in [0.29, 0.717) is 6.10 Å². The van der Waals surface area contributed by atoms with Crippen molar-refractivity contribution in [1.82, 2.24) is 10.2 Å². The Hall–Kier alpha value is 0.460. The molecule has 0 unspecified atom stereocenters. The molecule has 0 aromatic rings. The molecule has 0 bridgehead atoms. The van der Waals surface area contributed by atoms with E-state index >= 15 is 0 Å². The molecule has 0 aromatic carbocycles. The van der Waals surface area contributed by atoms with Gasteiger partial charge in [-0.2, -0.15) is 0 Å². The lowest BCUT2D eigenvalue weighted by atomic mass is 10.0. The number of hydrogen-bond acceptors (Lipinski definition) is 3. The summed E-state index contributed by atoms with van der Waals surface area (Å²) in [6, 6.07) is 0.